The second-order valence-corrected chi connectivity index (χ2v) is 7.46. The molecule has 0 aliphatic carbocycles. The molecule has 0 aromatic heterocycles. The molecule has 5 N–H and O–H groups in total. The number of aliphatic hydroxyl groups excluding tert-OH is 5. The summed E-state index contributed by atoms with van der Waals surface area (Å²) in [5.74, 6) is 0. The minimum atomic E-state index is -1.46. The molecule has 0 saturated carbocycles. The molecule has 2 rings (SSSR count). The number of rotatable bonds is 2. The zero-order valence-electron chi connectivity index (χ0n) is 13.9. The molecule has 0 radical (unpaired) electrons. The van der Waals surface area contributed by atoms with E-state index in [0.29, 0.717) is 0 Å². The summed E-state index contributed by atoms with van der Waals surface area (Å²) in [6.07, 6.45) is -9.76. The molecule has 23 heavy (non-hydrogen) atoms. The van der Waals surface area contributed by atoms with Crippen LogP contribution in [0.15, 0.2) is 0 Å². The molecule has 136 valence electrons. The third-order valence-electron chi connectivity index (χ3n) is 4.42. The van der Waals surface area contributed by atoms with Crippen molar-refractivity contribution in [2.75, 3.05) is 6.61 Å². The number of hydrogen-bond acceptors (Lipinski definition) is 8. The number of hydrogen-bond donors (Lipinski definition) is 5. The summed E-state index contributed by atoms with van der Waals surface area (Å²) in [5, 5.41) is 49.7. The fraction of sp³-hybridized carbons (Fsp3) is 1.00. The predicted octanol–water partition coefficient (Wildman–Crippen LogP) is -1.63. The van der Waals surface area contributed by atoms with E-state index in [2.05, 4.69) is 0 Å². The van der Waals surface area contributed by atoms with E-state index in [1.807, 2.05) is 20.8 Å². The molecular formula is C15H28O8. The molecule has 8 heteroatoms. The van der Waals surface area contributed by atoms with E-state index < -0.39 is 55.1 Å². The first-order chi connectivity index (χ1) is 10.5. The van der Waals surface area contributed by atoms with Gasteiger partial charge in [-0.25, -0.2) is 0 Å². The van der Waals surface area contributed by atoms with Crippen LogP contribution >= 0.6 is 0 Å². The van der Waals surface area contributed by atoms with Crippen LogP contribution in [0.4, 0.5) is 0 Å². The first-order valence-electron chi connectivity index (χ1n) is 7.87. The summed E-state index contributed by atoms with van der Waals surface area (Å²) in [7, 11) is 0. The minimum Gasteiger partial charge on any atom is -0.388 e. The van der Waals surface area contributed by atoms with Crippen LogP contribution in [-0.4, -0.2) is 87.3 Å². The van der Waals surface area contributed by atoms with Gasteiger partial charge in [0.15, 0.2) is 6.29 Å². The summed E-state index contributed by atoms with van der Waals surface area (Å²) in [4.78, 5) is 0. The first kappa shape index (κ1) is 19.0. The minimum absolute atomic E-state index is 0.200. The molecule has 0 spiro atoms. The molecular weight excluding hydrogens is 308 g/mol. The van der Waals surface area contributed by atoms with Crippen LogP contribution in [0.3, 0.4) is 0 Å². The predicted molar refractivity (Wildman–Crippen MR) is 78.4 cm³/mol. The average Bonchev–Trinajstić information content (AvgIpc) is 2.46. The largest absolute Gasteiger partial charge is 0.388 e. The van der Waals surface area contributed by atoms with Crippen molar-refractivity contribution >= 4 is 0 Å². The van der Waals surface area contributed by atoms with E-state index in [0.717, 1.165) is 0 Å². The van der Waals surface area contributed by atoms with E-state index in [9.17, 15) is 25.5 Å². The lowest BCUT2D eigenvalue weighted by molar-refractivity contribution is -0.325. The summed E-state index contributed by atoms with van der Waals surface area (Å²) in [6, 6.07) is 0. The maximum atomic E-state index is 10.4. The highest BCUT2D eigenvalue weighted by Gasteiger charge is 2.49. The molecule has 0 bridgehead atoms. The normalized spacial score (nSPS) is 49.2. The van der Waals surface area contributed by atoms with Gasteiger partial charge in [-0.1, -0.05) is 20.8 Å². The lowest BCUT2D eigenvalue weighted by atomic mass is 9.80. The molecule has 2 saturated heterocycles. The number of aliphatic hydroxyl groups is 5. The van der Waals surface area contributed by atoms with Crippen molar-refractivity contribution in [3.8, 4) is 0 Å². The Morgan fingerprint density at radius 2 is 1.52 bits per heavy atom. The van der Waals surface area contributed by atoms with Gasteiger partial charge < -0.3 is 39.7 Å². The van der Waals surface area contributed by atoms with Gasteiger partial charge in [-0.2, -0.15) is 0 Å². The average molecular weight is 336 g/mol. The Morgan fingerprint density at radius 1 is 0.913 bits per heavy atom. The maximum absolute atomic E-state index is 10.4. The second kappa shape index (κ2) is 6.89. The van der Waals surface area contributed by atoms with Crippen LogP contribution in [0.25, 0.3) is 0 Å². The van der Waals surface area contributed by atoms with Gasteiger partial charge in [0.1, 0.15) is 36.6 Å². The van der Waals surface area contributed by atoms with Gasteiger partial charge in [0, 0.05) is 0 Å². The molecule has 2 aliphatic rings. The molecule has 0 aromatic rings. The van der Waals surface area contributed by atoms with E-state index in [1.165, 1.54) is 0 Å². The van der Waals surface area contributed by atoms with Crippen LogP contribution in [0.1, 0.15) is 27.7 Å². The molecule has 8 nitrogen and oxygen atoms in total. The quantitative estimate of drug-likeness (QED) is 0.406. The zero-order valence-corrected chi connectivity index (χ0v) is 13.9. The van der Waals surface area contributed by atoms with Gasteiger partial charge >= 0.3 is 0 Å². The van der Waals surface area contributed by atoms with Gasteiger partial charge in [-0.05, 0) is 12.3 Å². The monoisotopic (exact) mass is 336 g/mol. The summed E-state index contributed by atoms with van der Waals surface area (Å²) < 4.78 is 16.5. The topological polar surface area (TPSA) is 129 Å². The highest BCUT2D eigenvalue weighted by molar-refractivity contribution is 4.96. The maximum Gasteiger partial charge on any atom is 0.186 e. The zero-order chi connectivity index (χ0) is 17.5. The van der Waals surface area contributed by atoms with Crippen LogP contribution < -0.4 is 0 Å². The lowest BCUT2D eigenvalue weighted by Gasteiger charge is -2.47. The molecule has 0 aromatic carbocycles. The molecule has 2 heterocycles. The second-order valence-electron chi connectivity index (χ2n) is 7.46. The number of ether oxygens (including phenoxy) is 3. The van der Waals surface area contributed by atoms with Gasteiger partial charge in [0.2, 0.25) is 0 Å². The van der Waals surface area contributed by atoms with E-state index >= 15 is 0 Å². The highest BCUT2D eigenvalue weighted by atomic mass is 16.7. The molecule has 0 amide bonds. The third kappa shape index (κ3) is 3.85. The summed E-state index contributed by atoms with van der Waals surface area (Å²) >= 11 is 0. The first-order valence-corrected chi connectivity index (χ1v) is 7.87. The van der Waals surface area contributed by atoms with Gasteiger partial charge in [-0.3, -0.25) is 0 Å². The Morgan fingerprint density at radius 3 is 2.09 bits per heavy atom. The highest BCUT2D eigenvalue weighted by Crippen LogP contribution is 2.34. The SMILES string of the molecule is CC1O[C@@H](C(C)(C)C)C(O)C(O)[C@H]1O[C@@H]1OC[C@@H](O)C(O)C1O. The van der Waals surface area contributed by atoms with Crippen molar-refractivity contribution < 1.29 is 39.7 Å². The van der Waals surface area contributed by atoms with Gasteiger partial charge in [0.05, 0.1) is 18.8 Å². The Balaban J connectivity index is 2.06. The van der Waals surface area contributed by atoms with Crippen LogP contribution in [0.2, 0.25) is 0 Å². The third-order valence-corrected chi connectivity index (χ3v) is 4.42. The Bertz CT molecular complexity index is 397. The van der Waals surface area contributed by atoms with Crippen molar-refractivity contribution in [1.82, 2.24) is 0 Å². The Labute approximate surface area is 135 Å². The smallest absolute Gasteiger partial charge is 0.186 e. The molecule has 2 fully saturated rings. The molecule has 9 atom stereocenters. The fourth-order valence-electron chi connectivity index (χ4n) is 3.00. The van der Waals surface area contributed by atoms with Gasteiger partial charge in [0.25, 0.3) is 0 Å². The van der Waals surface area contributed by atoms with Crippen molar-refractivity contribution in [2.24, 2.45) is 5.41 Å². The van der Waals surface area contributed by atoms with Crippen molar-refractivity contribution in [1.29, 1.82) is 0 Å². The van der Waals surface area contributed by atoms with Crippen LogP contribution in [-0.2, 0) is 14.2 Å². The Hall–Kier alpha value is -0.320. The fourth-order valence-corrected chi connectivity index (χ4v) is 3.00. The van der Waals surface area contributed by atoms with Gasteiger partial charge in [-0.15, -0.1) is 0 Å². The van der Waals surface area contributed by atoms with Crippen LogP contribution in [0, 0.1) is 5.41 Å². The van der Waals surface area contributed by atoms with Crippen molar-refractivity contribution in [3.05, 3.63) is 0 Å². The Kier molecular flexibility index (Phi) is 5.70. The summed E-state index contributed by atoms with van der Waals surface area (Å²) in [6.45, 7) is 7.18. The standard InChI is InChI=1S/C15H28O8/c1-6-12(9(18)10(19)13(22-6)15(2,3)4)23-14-11(20)8(17)7(16)5-21-14/h6-14,16-20H,5H2,1-4H3/t6?,7-,8?,9?,10?,11?,12+,13-,14+/m1/s1. The summed E-state index contributed by atoms with van der Waals surface area (Å²) in [5.41, 5.74) is -0.374. The van der Waals surface area contributed by atoms with Crippen molar-refractivity contribution in [2.45, 2.75) is 82.8 Å². The van der Waals surface area contributed by atoms with E-state index in [4.69, 9.17) is 14.2 Å². The van der Waals surface area contributed by atoms with E-state index in [1.54, 1.807) is 6.92 Å². The molecule has 2 aliphatic heterocycles. The lowest BCUT2D eigenvalue weighted by Crippen LogP contribution is -2.63. The molecule has 5 unspecified atom stereocenters. The van der Waals surface area contributed by atoms with E-state index in [-0.39, 0.29) is 12.0 Å². The van der Waals surface area contributed by atoms with Crippen LogP contribution in [0.5, 0.6) is 0 Å². The van der Waals surface area contributed by atoms with Crippen molar-refractivity contribution in [3.63, 3.8) is 0 Å².